The van der Waals surface area contributed by atoms with Crippen LogP contribution in [0.15, 0.2) is 54.6 Å². The van der Waals surface area contributed by atoms with Gasteiger partial charge in [0.15, 0.2) is 0 Å². The highest BCUT2D eigenvalue weighted by molar-refractivity contribution is 5.29. The Balaban J connectivity index is 1.95. The molecule has 0 N–H and O–H groups in total. The smallest absolute Gasteiger partial charge is 0.119 e. The van der Waals surface area contributed by atoms with E-state index in [9.17, 15) is 0 Å². The molecule has 0 aliphatic heterocycles. The van der Waals surface area contributed by atoms with E-state index >= 15 is 0 Å². The van der Waals surface area contributed by atoms with Gasteiger partial charge in [0, 0.05) is 0 Å². The molecule has 2 aromatic rings. The van der Waals surface area contributed by atoms with Crippen LogP contribution in [0.3, 0.4) is 0 Å². The third-order valence-corrected chi connectivity index (χ3v) is 3.28. The molecule has 0 aliphatic carbocycles. The molecule has 0 bridgehead atoms. The SMILES string of the molecule is CC(Cc1ccccc1)Cc1cccc(OC(C)C)c1. The molecular formula is C19H24O. The van der Waals surface area contributed by atoms with Gasteiger partial charge in [-0.1, -0.05) is 49.4 Å². The lowest BCUT2D eigenvalue weighted by Gasteiger charge is -2.14. The molecule has 0 amide bonds. The molecule has 1 unspecified atom stereocenters. The van der Waals surface area contributed by atoms with Gasteiger partial charge >= 0.3 is 0 Å². The summed E-state index contributed by atoms with van der Waals surface area (Å²) in [6, 6.07) is 19.2. The van der Waals surface area contributed by atoms with Crippen molar-refractivity contribution in [2.24, 2.45) is 5.92 Å². The van der Waals surface area contributed by atoms with E-state index in [1.807, 2.05) is 6.07 Å². The van der Waals surface area contributed by atoms with E-state index in [0.29, 0.717) is 5.92 Å². The molecule has 0 radical (unpaired) electrons. The van der Waals surface area contributed by atoms with Crippen molar-refractivity contribution >= 4 is 0 Å². The normalized spacial score (nSPS) is 12.4. The summed E-state index contributed by atoms with van der Waals surface area (Å²) in [6.45, 7) is 6.43. The fraction of sp³-hybridized carbons (Fsp3) is 0.368. The molecule has 0 saturated heterocycles. The molecule has 20 heavy (non-hydrogen) atoms. The molecule has 0 aromatic heterocycles. The lowest BCUT2D eigenvalue weighted by Crippen LogP contribution is -2.07. The van der Waals surface area contributed by atoms with E-state index < -0.39 is 0 Å². The third-order valence-electron chi connectivity index (χ3n) is 3.28. The maximum atomic E-state index is 5.75. The molecular weight excluding hydrogens is 244 g/mol. The monoisotopic (exact) mass is 268 g/mol. The van der Waals surface area contributed by atoms with Crippen molar-refractivity contribution < 1.29 is 4.74 Å². The first-order valence-corrected chi connectivity index (χ1v) is 7.43. The number of hydrogen-bond donors (Lipinski definition) is 0. The summed E-state index contributed by atoms with van der Waals surface area (Å²) >= 11 is 0. The van der Waals surface area contributed by atoms with Crippen LogP contribution < -0.4 is 4.74 Å². The first-order chi connectivity index (χ1) is 9.63. The Morgan fingerprint density at radius 1 is 0.800 bits per heavy atom. The van der Waals surface area contributed by atoms with Gasteiger partial charge in [-0.3, -0.25) is 0 Å². The van der Waals surface area contributed by atoms with Crippen LogP contribution in [0, 0.1) is 5.92 Å². The summed E-state index contributed by atoms with van der Waals surface area (Å²) in [7, 11) is 0. The summed E-state index contributed by atoms with van der Waals surface area (Å²) in [6.07, 6.45) is 2.44. The molecule has 1 heteroatoms. The number of hydrogen-bond acceptors (Lipinski definition) is 1. The van der Waals surface area contributed by atoms with Crippen LogP contribution in [0.5, 0.6) is 5.75 Å². The minimum atomic E-state index is 0.229. The van der Waals surface area contributed by atoms with Crippen molar-refractivity contribution in [2.45, 2.75) is 39.7 Å². The highest BCUT2D eigenvalue weighted by atomic mass is 16.5. The van der Waals surface area contributed by atoms with E-state index in [-0.39, 0.29) is 6.10 Å². The minimum Gasteiger partial charge on any atom is -0.491 e. The van der Waals surface area contributed by atoms with Gasteiger partial charge in [0.1, 0.15) is 5.75 Å². The average Bonchev–Trinajstić information content (AvgIpc) is 2.39. The first kappa shape index (κ1) is 14.6. The standard InChI is InChI=1S/C19H24O/c1-15(2)20-19-11-7-10-18(14-19)13-16(3)12-17-8-5-4-6-9-17/h4-11,14-16H,12-13H2,1-3H3. The molecule has 1 nitrogen and oxygen atoms in total. The second kappa shape index (κ2) is 7.14. The van der Waals surface area contributed by atoms with Gasteiger partial charge in [-0.2, -0.15) is 0 Å². The van der Waals surface area contributed by atoms with Crippen LogP contribution in [0.2, 0.25) is 0 Å². The Kier molecular flexibility index (Phi) is 5.23. The molecule has 2 rings (SSSR count). The van der Waals surface area contributed by atoms with Crippen molar-refractivity contribution in [3.63, 3.8) is 0 Å². The molecule has 0 spiro atoms. The fourth-order valence-corrected chi connectivity index (χ4v) is 2.51. The Hall–Kier alpha value is -1.76. The Labute approximate surface area is 122 Å². The van der Waals surface area contributed by atoms with Crippen molar-refractivity contribution in [3.05, 3.63) is 65.7 Å². The quantitative estimate of drug-likeness (QED) is 0.724. The molecule has 106 valence electrons. The highest BCUT2D eigenvalue weighted by Gasteiger charge is 2.06. The van der Waals surface area contributed by atoms with E-state index in [1.54, 1.807) is 0 Å². The molecule has 0 saturated carbocycles. The van der Waals surface area contributed by atoms with Crippen LogP contribution in [0.4, 0.5) is 0 Å². The van der Waals surface area contributed by atoms with E-state index in [2.05, 4.69) is 69.3 Å². The van der Waals surface area contributed by atoms with Crippen molar-refractivity contribution in [2.75, 3.05) is 0 Å². The minimum absolute atomic E-state index is 0.229. The van der Waals surface area contributed by atoms with Crippen LogP contribution in [0.25, 0.3) is 0 Å². The number of benzene rings is 2. The van der Waals surface area contributed by atoms with E-state index in [1.165, 1.54) is 11.1 Å². The summed E-state index contributed by atoms with van der Waals surface area (Å²) in [5.74, 6) is 1.61. The fourth-order valence-electron chi connectivity index (χ4n) is 2.51. The van der Waals surface area contributed by atoms with Gasteiger partial charge in [0.25, 0.3) is 0 Å². The predicted octanol–water partition coefficient (Wildman–Crippen LogP) is 4.90. The van der Waals surface area contributed by atoms with Gasteiger partial charge in [-0.25, -0.2) is 0 Å². The van der Waals surface area contributed by atoms with Crippen LogP contribution in [-0.4, -0.2) is 6.10 Å². The van der Waals surface area contributed by atoms with Gasteiger partial charge in [-0.05, 0) is 55.9 Å². The van der Waals surface area contributed by atoms with E-state index in [4.69, 9.17) is 4.74 Å². The second-order valence-corrected chi connectivity index (χ2v) is 5.81. The lowest BCUT2D eigenvalue weighted by atomic mass is 9.94. The summed E-state index contributed by atoms with van der Waals surface area (Å²) in [5, 5.41) is 0. The summed E-state index contributed by atoms with van der Waals surface area (Å²) in [4.78, 5) is 0. The van der Waals surface area contributed by atoms with Gasteiger partial charge in [0.05, 0.1) is 6.10 Å². The molecule has 0 fully saturated rings. The maximum Gasteiger partial charge on any atom is 0.119 e. The zero-order valence-electron chi connectivity index (χ0n) is 12.7. The van der Waals surface area contributed by atoms with E-state index in [0.717, 1.165) is 18.6 Å². The van der Waals surface area contributed by atoms with Crippen molar-refractivity contribution in [3.8, 4) is 5.75 Å². The second-order valence-electron chi connectivity index (χ2n) is 5.81. The molecule has 2 aromatic carbocycles. The topological polar surface area (TPSA) is 9.23 Å². The number of ether oxygens (including phenoxy) is 1. The largest absolute Gasteiger partial charge is 0.491 e. The molecule has 1 atom stereocenters. The average molecular weight is 268 g/mol. The van der Waals surface area contributed by atoms with Gasteiger partial charge in [0.2, 0.25) is 0 Å². The Morgan fingerprint density at radius 2 is 1.45 bits per heavy atom. The van der Waals surface area contributed by atoms with Gasteiger partial charge < -0.3 is 4.74 Å². The predicted molar refractivity (Wildman–Crippen MR) is 85.2 cm³/mol. The number of rotatable bonds is 6. The van der Waals surface area contributed by atoms with Crippen LogP contribution in [0.1, 0.15) is 31.9 Å². The zero-order valence-corrected chi connectivity index (χ0v) is 12.7. The summed E-state index contributed by atoms with van der Waals surface area (Å²) in [5.41, 5.74) is 2.76. The first-order valence-electron chi connectivity index (χ1n) is 7.43. The van der Waals surface area contributed by atoms with Crippen molar-refractivity contribution in [1.82, 2.24) is 0 Å². The Bertz CT molecular complexity index is 516. The summed E-state index contributed by atoms with van der Waals surface area (Å²) < 4.78 is 5.75. The van der Waals surface area contributed by atoms with Crippen LogP contribution in [-0.2, 0) is 12.8 Å². The Morgan fingerprint density at radius 3 is 2.15 bits per heavy atom. The highest BCUT2D eigenvalue weighted by Crippen LogP contribution is 2.19. The van der Waals surface area contributed by atoms with Crippen LogP contribution >= 0.6 is 0 Å². The lowest BCUT2D eigenvalue weighted by molar-refractivity contribution is 0.242. The molecule has 0 aliphatic rings. The third kappa shape index (κ3) is 4.73. The maximum absolute atomic E-state index is 5.75. The zero-order chi connectivity index (χ0) is 14.4. The van der Waals surface area contributed by atoms with Gasteiger partial charge in [-0.15, -0.1) is 0 Å². The molecule has 0 heterocycles. The van der Waals surface area contributed by atoms with Crippen molar-refractivity contribution in [1.29, 1.82) is 0 Å².